The van der Waals surface area contributed by atoms with Gasteiger partial charge in [0.2, 0.25) is 0 Å². The second-order valence-electron chi connectivity index (χ2n) is 13.8. The normalized spacial score (nSPS) is 14.8. The van der Waals surface area contributed by atoms with E-state index < -0.39 is 5.41 Å². The van der Waals surface area contributed by atoms with E-state index in [0.717, 1.165) is 51.0 Å². The lowest BCUT2D eigenvalue weighted by molar-refractivity contribution is 0.446. The van der Waals surface area contributed by atoms with Crippen molar-refractivity contribution in [1.29, 1.82) is 0 Å². The molecule has 0 amide bonds. The molecule has 54 heavy (non-hydrogen) atoms. The van der Waals surface area contributed by atoms with Crippen LogP contribution in [0.3, 0.4) is 0 Å². The van der Waals surface area contributed by atoms with Gasteiger partial charge in [-0.2, -0.15) is 0 Å². The molecule has 1 atom stereocenters. The van der Waals surface area contributed by atoms with Crippen molar-refractivity contribution in [1.82, 2.24) is 0 Å². The standard InChI is InChI=1S/C51H36N2O/c1-4-14-39(15-5-1)52(40-16-6-2-7-17-40)42-28-24-37(25-29-42)38-26-30-43(31-27-38)53(41-18-8-3-9-19-41)44-32-33-46-45-20-10-11-21-47(45)51(49(46)36-44)34-35-54-50-23-13-12-22-48(50)51/h1-36H. The molecule has 1 unspecified atom stereocenters. The highest BCUT2D eigenvalue weighted by atomic mass is 16.5. The highest BCUT2D eigenvalue weighted by Crippen LogP contribution is 2.57. The Morgan fingerprint density at radius 2 is 0.759 bits per heavy atom. The number of nitrogens with zero attached hydrogens (tertiary/aromatic N) is 2. The van der Waals surface area contributed by atoms with E-state index in [0.29, 0.717) is 0 Å². The first-order valence-electron chi connectivity index (χ1n) is 18.4. The number of fused-ring (bicyclic) bond motifs is 7. The Morgan fingerprint density at radius 3 is 1.33 bits per heavy atom. The monoisotopic (exact) mass is 692 g/mol. The second-order valence-corrected chi connectivity index (χ2v) is 13.8. The number of ether oxygens (including phenoxy) is 1. The highest BCUT2D eigenvalue weighted by molar-refractivity contribution is 5.89. The van der Waals surface area contributed by atoms with Gasteiger partial charge >= 0.3 is 0 Å². The van der Waals surface area contributed by atoms with E-state index in [2.05, 4.69) is 216 Å². The summed E-state index contributed by atoms with van der Waals surface area (Å²) in [6.07, 6.45) is 4.09. The first-order chi connectivity index (χ1) is 26.8. The van der Waals surface area contributed by atoms with Crippen molar-refractivity contribution in [2.45, 2.75) is 5.41 Å². The Bertz CT molecular complexity index is 2580. The van der Waals surface area contributed by atoms with Crippen molar-refractivity contribution >= 4 is 34.1 Å². The molecule has 1 spiro atoms. The number of hydrogen-bond acceptors (Lipinski definition) is 3. The fraction of sp³-hybridized carbons (Fsp3) is 0.0196. The molecule has 1 aliphatic heterocycles. The van der Waals surface area contributed by atoms with E-state index in [1.807, 2.05) is 12.3 Å². The molecule has 0 saturated heterocycles. The molecular weight excluding hydrogens is 657 g/mol. The third kappa shape index (κ3) is 5.21. The van der Waals surface area contributed by atoms with Crippen molar-refractivity contribution in [2.75, 3.05) is 9.80 Å². The summed E-state index contributed by atoms with van der Waals surface area (Å²) < 4.78 is 6.07. The topological polar surface area (TPSA) is 15.7 Å². The lowest BCUT2D eigenvalue weighted by atomic mass is 9.71. The minimum atomic E-state index is -0.453. The Morgan fingerprint density at radius 1 is 0.333 bits per heavy atom. The quantitative estimate of drug-likeness (QED) is 0.165. The second kappa shape index (κ2) is 13.1. The van der Waals surface area contributed by atoms with Gasteiger partial charge < -0.3 is 14.5 Å². The molecular formula is C51H36N2O. The van der Waals surface area contributed by atoms with Gasteiger partial charge in [-0.3, -0.25) is 0 Å². The van der Waals surface area contributed by atoms with E-state index in [1.54, 1.807) is 0 Å². The summed E-state index contributed by atoms with van der Waals surface area (Å²) >= 11 is 0. The van der Waals surface area contributed by atoms with Gasteiger partial charge in [0.1, 0.15) is 5.75 Å². The van der Waals surface area contributed by atoms with Crippen molar-refractivity contribution in [3.05, 3.63) is 235 Å². The van der Waals surface area contributed by atoms with Crippen molar-refractivity contribution in [2.24, 2.45) is 0 Å². The number of para-hydroxylation sites is 4. The lowest BCUT2D eigenvalue weighted by Crippen LogP contribution is -2.27. The maximum absolute atomic E-state index is 6.07. The average molecular weight is 693 g/mol. The molecule has 2 aliphatic rings. The van der Waals surface area contributed by atoms with E-state index in [1.165, 1.54) is 27.8 Å². The summed E-state index contributed by atoms with van der Waals surface area (Å²) in [5.41, 5.74) is 14.7. The fourth-order valence-electron chi connectivity index (χ4n) is 8.33. The summed E-state index contributed by atoms with van der Waals surface area (Å²) in [6.45, 7) is 0. The fourth-order valence-corrected chi connectivity index (χ4v) is 8.33. The molecule has 1 aliphatic carbocycles. The average Bonchev–Trinajstić information content (AvgIpc) is 3.52. The first-order valence-corrected chi connectivity index (χ1v) is 18.4. The van der Waals surface area contributed by atoms with Gasteiger partial charge in [0, 0.05) is 39.7 Å². The third-order valence-corrected chi connectivity index (χ3v) is 10.8. The third-order valence-electron chi connectivity index (χ3n) is 10.8. The Kier molecular flexibility index (Phi) is 7.70. The van der Waals surface area contributed by atoms with Crippen LogP contribution in [0.15, 0.2) is 219 Å². The van der Waals surface area contributed by atoms with Crippen LogP contribution in [-0.4, -0.2) is 0 Å². The van der Waals surface area contributed by atoms with Crippen LogP contribution in [0.1, 0.15) is 16.7 Å². The molecule has 256 valence electrons. The summed E-state index contributed by atoms with van der Waals surface area (Å²) in [5.74, 6) is 0.893. The van der Waals surface area contributed by atoms with Gasteiger partial charge in [-0.05, 0) is 118 Å². The summed E-state index contributed by atoms with van der Waals surface area (Å²) in [7, 11) is 0. The zero-order valence-electron chi connectivity index (χ0n) is 29.6. The predicted octanol–water partition coefficient (Wildman–Crippen LogP) is 13.5. The smallest absolute Gasteiger partial charge is 0.131 e. The number of allylic oxidation sites excluding steroid dienone is 1. The summed E-state index contributed by atoms with van der Waals surface area (Å²) in [6, 6.07) is 73.6. The van der Waals surface area contributed by atoms with E-state index >= 15 is 0 Å². The number of hydrogen-bond donors (Lipinski definition) is 0. The lowest BCUT2D eigenvalue weighted by Gasteiger charge is -2.34. The Labute approximate surface area is 316 Å². The number of rotatable bonds is 7. The summed E-state index contributed by atoms with van der Waals surface area (Å²) in [5, 5.41) is 0. The number of benzene rings is 8. The zero-order valence-corrected chi connectivity index (χ0v) is 29.6. The molecule has 10 rings (SSSR count). The van der Waals surface area contributed by atoms with E-state index in [-0.39, 0.29) is 0 Å². The van der Waals surface area contributed by atoms with Crippen molar-refractivity contribution in [3.8, 4) is 28.0 Å². The van der Waals surface area contributed by atoms with Gasteiger partial charge in [0.25, 0.3) is 0 Å². The predicted molar refractivity (Wildman–Crippen MR) is 223 cm³/mol. The maximum Gasteiger partial charge on any atom is 0.131 e. The van der Waals surface area contributed by atoms with Crippen LogP contribution in [0, 0.1) is 0 Å². The molecule has 0 aromatic heterocycles. The van der Waals surface area contributed by atoms with Crippen LogP contribution in [-0.2, 0) is 5.41 Å². The molecule has 0 fully saturated rings. The molecule has 8 aromatic carbocycles. The molecule has 8 aromatic rings. The maximum atomic E-state index is 6.07. The molecule has 3 heteroatoms. The Hall–Kier alpha value is -7.10. The summed E-state index contributed by atoms with van der Waals surface area (Å²) in [4.78, 5) is 4.65. The molecule has 1 heterocycles. The minimum absolute atomic E-state index is 0.453. The van der Waals surface area contributed by atoms with Gasteiger partial charge in [0.15, 0.2) is 0 Å². The molecule has 0 bridgehead atoms. The van der Waals surface area contributed by atoms with Crippen LogP contribution in [0.5, 0.6) is 5.75 Å². The van der Waals surface area contributed by atoms with E-state index in [4.69, 9.17) is 4.74 Å². The largest absolute Gasteiger partial charge is 0.465 e. The molecule has 0 saturated carbocycles. The van der Waals surface area contributed by atoms with Crippen LogP contribution < -0.4 is 14.5 Å². The van der Waals surface area contributed by atoms with Gasteiger partial charge in [-0.15, -0.1) is 0 Å². The van der Waals surface area contributed by atoms with Crippen LogP contribution >= 0.6 is 0 Å². The van der Waals surface area contributed by atoms with Crippen LogP contribution in [0.25, 0.3) is 22.3 Å². The minimum Gasteiger partial charge on any atom is -0.465 e. The van der Waals surface area contributed by atoms with Crippen molar-refractivity contribution in [3.63, 3.8) is 0 Å². The highest BCUT2D eigenvalue weighted by Gasteiger charge is 2.46. The Balaban J connectivity index is 1.03. The van der Waals surface area contributed by atoms with Crippen molar-refractivity contribution < 1.29 is 4.74 Å². The van der Waals surface area contributed by atoms with Gasteiger partial charge in [0.05, 0.1) is 11.7 Å². The van der Waals surface area contributed by atoms with Crippen LogP contribution in [0.2, 0.25) is 0 Å². The first kappa shape index (κ1) is 31.6. The zero-order chi connectivity index (χ0) is 35.9. The van der Waals surface area contributed by atoms with Gasteiger partial charge in [-0.1, -0.05) is 127 Å². The van der Waals surface area contributed by atoms with Gasteiger partial charge in [-0.25, -0.2) is 0 Å². The van der Waals surface area contributed by atoms with Crippen LogP contribution in [0.4, 0.5) is 34.1 Å². The van der Waals surface area contributed by atoms with E-state index in [9.17, 15) is 0 Å². The number of anilines is 6. The molecule has 0 radical (unpaired) electrons. The SMILES string of the molecule is C1=CC2(c3ccccc3O1)c1ccccc1-c1ccc(N(c3ccccc3)c3ccc(-c4ccc(N(c5ccccc5)c5ccccc5)cc4)cc3)cc12. The molecule has 3 nitrogen and oxygen atoms in total. The molecule has 0 N–H and O–H groups in total.